The Hall–Kier alpha value is 0.200. The first-order valence-electron chi connectivity index (χ1n) is 2.03. The van der Waals surface area contributed by atoms with Crippen molar-refractivity contribution in [3.8, 4) is 0 Å². The summed E-state index contributed by atoms with van der Waals surface area (Å²) in [5.74, 6) is 0. The zero-order valence-electron chi connectivity index (χ0n) is 3.89. The molecule has 0 aliphatic heterocycles. The predicted molar refractivity (Wildman–Crippen MR) is 35.5 cm³/mol. The van der Waals surface area contributed by atoms with Crippen molar-refractivity contribution in [2.45, 2.75) is 6.42 Å². The van der Waals surface area contributed by atoms with Gasteiger partial charge in [-0.25, -0.2) is 0 Å². The summed E-state index contributed by atoms with van der Waals surface area (Å²) < 4.78 is 5.44. The molecular formula is C4H7IO2. The van der Waals surface area contributed by atoms with Gasteiger partial charge in [-0.15, -0.1) is 0 Å². The number of alkyl halides is 1. The molecule has 0 N–H and O–H groups in total. The molecule has 0 fully saturated rings. The highest BCUT2D eigenvalue weighted by atomic mass is 127. The molecular weight excluding hydrogens is 207 g/mol. The van der Waals surface area contributed by atoms with E-state index in [0.717, 1.165) is 10.8 Å². The minimum atomic E-state index is 0.478. The first-order valence-corrected chi connectivity index (χ1v) is 3.55. The number of hydrogen-bond donors (Lipinski definition) is 0. The molecule has 0 spiro atoms. The van der Waals surface area contributed by atoms with Crippen molar-refractivity contribution in [3.63, 3.8) is 0 Å². The molecule has 3 heteroatoms. The number of carbonyl (C=O) groups excluding carboxylic acids is 1. The van der Waals surface area contributed by atoms with Gasteiger partial charge in [0.2, 0.25) is 0 Å². The Balaban J connectivity index is 2.56. The van der Waals surface area contributed by atoms with Gasteiger partial charge in [0.25, 0.3) is 6.47 Å². The van der Waals surface area contributed by atoms with Crippen LogP contribution in [0.3, 0.4) is 0 Å². The van der Waals surface area contributed by atoms with Gasteiger partial charge >= 0.3 is 0 Å². The normalized spacial score (nSPS) is 8.14. The Morgan fingerprint density at radius 3 is 2.86 bits per heavy atom. The quantitative estimate of drug-likeness (QED) is 0.302. The van der Waals surface area contributed by atoms with E-state index in [2.05, 4.69) is 27.3 Å². The maximum absolute atomic E-state index is 9.46. The number of halogens is 1. The number of ether oxygens (including phenoxy) is 1. The molecule has 0 bridgehead atoms. The van der Waals surface area contributed by atoms with Crippen LogP contribution in [0.5, 0.6) is 0 Å². The molecule has 0 saturated heterocycles. The fraction of sp³-hybridized carbons (Fsp3) is 0.750. The van der Waals surface area contributed by atoms with Gasteiger partial charge in [0.15, 0.2) is 0 Å². The molecule has 0 aliphatic rings. The zero-order chi connectivity index (χ0) is 5.54. The lowest BCUT2D eigenvalue weighted by Gasteiger charge is -1.90. The molecule has 0 radical (unpaired) electrons. The Morgan fingerprint density at radius 2 is 2.43 bits per heavy atom. The maximum Gasteiger partial charge on any atom is 0.293 e. The largest absolute Gasteiger partial charge is 0.468 e. The van der Waals surface area contributed by atoms with Crippen LogP contribution in [0.4, 0.5) is 0 Å². The maximum atomic E-state index is 9.46. The lowest BCUT2D eigenvalue weighted by molar-refractivity contribution is -0.128. The van der Waals surface area contributed by atoms with Gasteiger partial charge in [-0.2, -0.15) is 0 Å². The average Bonchev–Trinajstić information content (AvgIpc) is 1.69. The number of carbonyl (C=O) groups is 1. The van der Waals surface area contributed by atoms with Crippen LogP contribution < -0.4 is 0 Å². The molecule has 0 aliphatic carbocycles. The highest BCUT2D eigenvalue weighted by Crippen LogP contribution is 1.86. The second kappa shape index (κ2) is 6.20. The van der Waals surface area contributed by atoms with Crippen LogP contribution in [0.2, 0.25) is 0 Å². The summed E-state index contributed by atoms with van der Waals surface area (Å²) in [4.78, 5) is 9.46. The topological polar surface area (TPSA) is 26.3 Å². The first kappa shape index (κ1) is 7.20. The molecule has 42 valence electrons. The van der Waals surface area contributed by atoms with Crippen LogP contribution in [0.1, 0.15) is 6.42 Å². The van der Waals surface area contributed by atoms with E-state index in [4.69, 9.17) is 0 Å². The molecule has 0 unspecified atom stereocenters. The van der Waals surface area contributed by atoms with Crippen molar-refractivity contribution in [3.05, 3.63) is 0 Å². The van der Waals surface area contributed by atoms with Crippen molar-refractivity contribution in [1.29, 1.82) is 0 Å². The van der Waals surface area contributed by atoms with E-state index in [0.29, 0.717) is 13.1 Å². The lowest BCUT2D eigenvalue weighted by Crippen LogP contribution is -1.90. The first-order chi connectivity index (χ1) is 3.41. The average molecular weight is 214 g/mol. The standard InChI is InChI=1S/C4H7IO2/c5-2-1-3-7-4-6/h4H,1-3H2. The molecule has 2 nitrogen and oxygen atoms in total. The van der Waals surface area contributed by atoms with Crippen molar-refractivity contribution in [2.24, 2.45) is 0 Å². The molecule has 0 aromatic carbocycles. The Morgan fingerprint density at radius 1 is 1.71 bits per heavy atom. The summed E-state index contributed by atoms with van der Waals surface area (Å²) >= 11 is 2.23. The van der Waals surface area contributed by atoms with Gasteiger partial charge in [-0.1, -0.05) is 22.6 Å². The summed E-state index contributed by atoms with van der Waals surface area (Å²) in [6.07, 6.45) is 0.958. The fourth-order valence-corrected chi connectivity index (χ4v) is 0.497. The third-order valence-corrected chi connectivity index (χ3v) is 1.23. The van der Waals surface area contributed by atoms with Gasteiger partial charge < -0.3 is 4.74 Å². The van der Waals surface area contributed by atoms with Gasteiger partial charge in [0, 0.05) is 4.43 Å². The van der Waals surface area contributed by atoms with Crippen LogP contribution in [-0.4, -0.2) is 17.5 Å². The zero-order valence-corrected chi connectivity index (χ0v) is 6.05. The van der Waals surface area contributed by atoms with Crippen LogP contribution in [-0.2, 0) is 9.53 Å². The summed E-state index contributed by atoms with van der Waals surface area (Å²) in [5, 5.41) is 0. The molecule has 0 aromatic heterocycles. The van der Waals surface area contributed by atoms with Crippen LogP contribution in [0.15, 0.2) is 0 Å². The summed E-state index contributed by atoms with van der Waals surface area (Å²) in [7, 11) is 0. The van der Waals surface area contributed by atoms with E-state index in [1.165, 1.54) is 0 Å². The number of rotatable bonds is 4. The second-order valence-corrected chi connectivity index (χ2v) is 2.09. The lowest BCUT2D eigenvalue weighted by atomic mass is 10.5. The van der Waals surface area contributed by atoms with Crippen molar-refractivity contribution < 1.29 is 9.53 Å². The highest BCUT2D eigenvalue weighted by Gasteiger charge is 1.79. The van der Waals surface area contributed by atoms with Crippen molar-refractivity contribution in [1.82, 2.24) is 0 Å². The smallest absolute Gasteiger partial charge is 0.293 e. The monoisotopic (exact) mass is 214 g/mol. The Labute approximate surface area is 56.4 Å². The van der Waals surface area contributed by atoms with Gasteiger partial charge in [-0.3, -0.25) is 4.79 Å². The van der Waals surface area contributed by atoms with E-state index < -0.39 is 0 Å². The summed E-state index contributed by atoms with van der Waals surface area (Å²) in [5.41, 5.74) is 0. The highest BCUT2D eigenvalue weighted by molar-refractivity contribution is 14.1. The third kappa shape index (κ3) is 6.20. The Bertz CT molecular complexity index is 47.0. The van der Waals surface area contributed by atoms with Gasteiger partial charge in [0.1, 0.15) is 0 Å². The minimum absolute atomic E-state index is 0.478. The van der Waals surface area contributed by atoms with Crippen LogP contribution in [0, 0.1) is 0 Å². The fourth-order valence-electron chi connectivity index (χ4n) is 0.186. The molecule has 0 saturated carbocycles. The molecule has 7 heavy (non-hydrogen) atoms. The van der Waals surface area contributed by atoms with E-state index >= 15 is 0 Å². The second-order valence-electron chi connectivity index (χ2n) is 1.01. The minimum Gasteiger partial charge on any atom is -0.468 e. The molecule has 0 atom stereocenters. The van der Waals surface area contributed by atoms with Gasteiger partial charge in [0.05, 0.1) is 6.61 Å². The van der Waals surface area contributed by atoms with Gasteiger partial charge in [-0.05, 0) is 6.42 Å². The SMILES string of the molecule is O=COCCCI. The molecule has 0 amide bonds. The van der Waals surface area contributed by atoms with Crippen molar-refractivity contribution >= 4 is 29.1 Å². The van der Waals surface area contributed by atoms with Crippen LogP contribution in [0.25, 0.3) is 0 Å². The van der Waals surface area contributed by atoms with E-state index in [-0.39, 0.29) is 0 Å². The number of hydrogen-bond acceptors (Lipinski definition) is 2. The summed E-state index contributed by atoms with van der Waals surface area (Å²) in [6.45, 7) is 1.04. The van der Waals surface area contributed by atoms with Crippen LogP contribution >= 0.6 is 22.6 Å². The van der Waals surface area contributed by atoms with Crippen molar-refractivity contribution in [2.75, 3.05) is 11.0 Å². The van der Waals surface area contributed by atoms with E-state index in [1.54, 1.807) is 0 Å². The Kier molecular flexibility index (Phi) is 6.38. The van der Waals surface area contributed by atoms with E-state index in [1.807, 2.05) is 0 Å². The molecule has 0 aromatic rings. The third-order valence-electron chi connectivity index (χ3n) is 0.464. The molecule has 0 heterocycles. The summed E-state index contributed by atoms with van der Waals surface area (Å²) in [6, 6.07) is 0. The predicted octanol–water partition coefficient (Wildman–Crippen LogP) is 0.985. The van der Waals surface area contributed by atoms with E-state index in [9.17, 15) is 4.79 Å². The molecule has 0 rings (SSSR count).